The molecule has 0 saturated heterocycles. The quantitative estimate of drug-likeness (QED) is 0.252. The third-order valence-corrected chi connectivity index (χ3v) is 6.17. The van der Waals surface area contributed by atoms with Crippen LogP contribution in [-0.2, 0) is 17.8 Å². The molecule has 0 aliphatic heterocycles. The van der Waals surface area contributed by atoms with Gasteiger partial charge in [0.2, 0.25) is 0 Å². The lowest BCUT2D eigenvalue weighted by Crippen LogP contribution is -2.19. The molecular weight excluding hydrogens is 473 g/mol. The summed E-state index contributed by atoms with van der Waals surface area (Å²) in [5.41, 5.74) is 4.31. The number of hydrogen-bond acceptors (Lipinski definition) is 7. The van der Waals surface area contributed by atoms with Crippen LogP contribution >= 0.6 is 0 Å². The summed E-state index contributed by atoms with van der Waals surface area (Å²) in [4.78, 5) is 8.83. The van der Waals surface area contributed by atoms with Crippen molar-refractivity contribution in [3.63, 3.8) is 0 Å². The summed E-state index contributed by atoms with van der Waals surface area (Å²) in [6.07, 6.45) is 1.54. The van der Waals surface area contributed by atoms with Gasteiger partial charge in [-0.05, 0) is 38.1 Å². The fourth-order valence-corrected chi connectivity index (χ4v) is 4.36. The minimum absolute atomic E-state index is 0.268. The molecule has 196 valence electrons. The van der Waals surface area contributed by atoms with Crippen molar-refractivity contribution in [3.8, 4) is 22.8 Å². The Hall–Kier alpha value is -3.69. The maximum absolute atomic E-state index is 14.6. The summed E-state index contributed by atoms with van der Waals surface area (Å²) in [7, 11) is 3.28. The van der Waals surface area contributed by atoms with Crippen LogP contribution in [0.3, 0.4) is 0 Å². The Bertz CT molecular complexity index is 1340. The van der Waals surface area contributed by atoms with E-state index < -0.39 is 0 Å². The molecule has 0 aliphatic rings. The third kappa shape index (κ3) is 6.18. The molecule has 0 bridgehead atoms. The Morgan fingerprint density at radius 1 is 1.00 bits per heavy atom. The highest BCUT2D eigenvalue weighted by atomic mass is 19.1. The molecule has 37 heavy (non-hydrogen) atoms. The molecule has 0 radical (unpaired) electrons. The summed E-state index contributed by atoms with van der Waals surface area (Å²) < 4.78 is 33.0. The van der Waals surface area contributed by atoms with Crippen molar-refractivity contribution in [1.29, 1.82) is 0 Å². The van der Waals surface area contributed by atoms with Gasteiger partial charge in [0.1, 0.15) is 29.5 Å². The van der Waals surface area contributed by atoms with E-state index in [0.29, 0.717) is 49.9 Å². The second-order valence-electron chi connectivity index (χ2n) is 8.59. The van der Waals surface area contributed by atoms with Gasteiger partial charge in [0.05, 0.1) is 31.5 Å². The zero-order valence-corrected chi connectivity index (χ0v) is 21.8. The first-order valence-electron chi connectivity index (χ1n) is 12.4. The van der Waals surface area contributed by atoms with Gasteiger partial charge in [-0.2, -0.15) is 0 Å². The van der Waals surface area contributed by atoms with Crippen LogP contribution < -0.4 is 20.1 Å². The van der Waals surface area contributed by atoms with Gasteiger partial charge in [0.15, 0.2) is 0 Å². The Kier molecular flexibility index (Phi) is 8.92. The first-order valence-corrected chi connectivity index (χ1v) is 12.4. The van der Waals surface area contributed by atoms with Crippen molar-refractivity contribution in [1.82, 2.24) is 19.9 Å². The Labute approximate surface area is 216 Å². The third-order valence-electron chi connectivity index (χ3n) is 6.17. The molecule has 0 saturated carbocycles. The lowest BCUT2D eigenvalue weighted by atomic mass is 10.1. The van der Waals surface area contributed by atoms with Crippen LogP contribution in [0, 0.1) is 12.7 Å². The zero-order chi connectivity index (χ0) is 26.2. The second kappa shape index (κ2) is 12.5. The minimum Gasteiger partial charge on any atom is -0.496 e. The largest absolute Gasteiger partial charge is 0.496 e. The number of aryl methyl sites for hydroxylation is 1. The number of nitrogens with one attached hydrogen (secondary N) is 2. The van der Waals surface area contributed by atoms with Crippen molar-refractivity contribution in [2.45, 2.75) is 26.9 Å². The van der Waals surface area contributed by atoms with E-state index in [1.165, 1.54) is 6.07 Å². The monoisotopic (exact) mass is 507 g/mol. The van der Waals surface area contributed by atoms with Crippen LogP contribution in [0.15, 0.2) is 48.8 Å². The van der Waals surface area contributed by atoms with Gasteiger partial charge in [0, 0.05) is 61.6 Å². The maximum Gasteiger partial charge on any atom is 0.147 e. The number of anilines is 1. The van der Waals surface area contributed by atoms with E-state index in [2.05, 4.69) is 26.7 Å². The van der Waals surface area contributed by atoms with Crippen LogP contribution in [0.4, 0.5) is 10.2 Å². The van der Waals surface area contributed by atoms with E-state index in [1.807, 2.05) is 42.7 Å². The first kappa shape index (κ1) is 26.4. The van der Waals surface area contributed by atoms with Crippen LogP contribution in [0.5, 0.6) is 11.5 Å². The number of ether oxygens (including phenoxy) is 3. The van der Waals surface area contributed by atoms with Gasteiger partial charge in [-0.1, -0.05) is 12.1 Å². The van der Waals surface area contributed by atoms with Gasteiger partial charge in [0.25, 0.3) is 0 Å². The number of hydrogen-bond donors (Lipinski definition) is 2. The van der Waals surface area contributed by atoms with Crippen LogP contribution in [-0.4, -0.2) is 55.1 Å². The van der Waals surface area contributed by atoms with E-state index in [4.69, 9.17) is 14.2 Å². The summed E-state index contributed by atoms with van der Waals surface area (Å²) in [6, 6.07) is 13.1. The molecule has 0 spiro atoms. The topological polar surface area (TPSA) is 82.5 Å². The maximum atomic E-state index is 14.6. The summed E-state index contributed by atoms with van der Waals surface area (Å²) >= 11 is 0. The van der Waals surface area contributed by atoms with E-state index in [0.717, 1.165) is 40.2 Å². The van der Waals surface area contributed by atoms with Crippen LogP contribution in [0.25, 0.3) is 22.2 Å². The van der Waals surface area contributed by atoms with Crippen molar-refractivity contribution in [2.24, 2.45) is 0 Å². The van der Waals surface area contributed by atoms with Crippen molar-refractivity contribution < 1.29 is 18.6 Å². The van der Waals surface area contributed by atoms with Crippen molar-refractivity contribution in [3.05, 3.63) is 65.9 Å². The molecule has 0 aliphatic carbocycles. The summed E-state index contributed by atoms with van der Waals surface area (Å²) in [6.45, 7) is 7.76. The molecule has 9 heteroatoms. The van der Waals surface area contributed by atoms with Crippen molar-refractivity contribution >= 4 is 16.7 Å². The lowest BCUT2D eigenvalue weighted by Gasteiger charge is -2.14. The Balaban J connectivity index is 1.47. The highest BCUT2D eigenvalue weighted by molar-refractivity contribution is 5.88. The SMILES string of the molecule is CCOc1cc(-c2cc(NCCn3c(C)cc4c(OC)ccc(F)c43)ncn2)ccc1CNCCOC. The summed E-state index contributed by atoms with van der Waals surface area (Å²) in [5, 5.41) is 7.47. The van der Waals surface area contributed by atoms with E-state index in [1.54, 1.807) is 26.6 Å². The Morgan fingerprint density at radius 3 is 2.65 bits per heavy atom. The number of nitrogens with zero attached hydrogens (tertiary/aromatic N) is 3. The predicted molar refractivity (Wildman–Crippen MR) is 144 cm³/mol. The van der Waals surface area contributed by atoms with Crippen LogP contribution in [0.1, 0.15) is 18.2 Å². The highest BCUT2D eigenvalue weighted by Gasteiger charge is 2.14. The lowest BCUT2D eigenvalue weighted by molar-refractivity contribution is 0.199. The summed E-state index contributed by atoms with van der Waals surface area (Å²) in [5.74, 6) is 1.91. The van der Waals surface area contributed by atoms with Crippen LogP contribution in [0.2, 0.25) is 0 Å². The number of halogens is 1. The van der Waals surface area contributed by atoms with Gasteiger partial charge in [-0.25, -0.2) is 14.4 Å². The number of fused-ring (bicyclic) bond motifs is 1. The Morgan fingerprint density at radius 2 is 1.86 bits per heavy atom. The molecule has 2 N–H and O–H groups in total. The molecule has 8 nitrogen and oxygen atoms in total. The predicted octanol–water partition coefficient (Wildman–Crippen LogP) is 4.80. The number of methoxy groups -OCH3 is 2. The first-order chi connectivity index (χ1) is 18.0. The van der Waals surface area contributed by atoms with Gasteiger partial charge >= 0.3 is 0 Å². The number of benzene rings is 2. The smallest absolute Gasteiger partial charge is 0.147 e. The molecule has 0 fully saturated rings. The van der Waals surface area contributed by atoms with E-state index >= 15 is 0 Å². The average Bonchev–Trinajstić information content (AvgIpc) is 3.24. The minimum atomic E-state index is -0.268. The van der Waals surface area contributed by atoms with E-state index in [9.17, 15) is 4.39 Å². The van der Waals surface area contributed by atoms with Gasteiger partial charge < -0.3 is 29.4 Å². The van der Waals surface area contributed by atoms with Gasteiger partial charge in [-0.3, -0.25) is 0 Å². The molecule has 0 atom stereocenters. The number of aromatic nitrogens is 3. The molecular formula is C28H34FN5O3. The molecule has 4 aromatic rings. The zero-order valence-electron chi connectivity index (χ0n) is 21.8. The normalized spacial score (nSPS) is 11.2. The van der Waals surface area contributed by atoms with Gasteiger partial charge in [-0.15, -0.1) is 0 Å². The average molecular weight is 508 g/mol. The number of rotatable bonds is 13. The van der Waals surface area contributed by atoms with Crippen molar-refractivity contribution in [2.75, 3.05) is 45.8 Å². The standard InChI is InChI=1S/C28H34FN5O3/c1-5-37-26-15-20(6-7-21(26)17-30-11-13-35-3)24-16-27(33-18-32-24)31-10-12-34-19(2)14-22-25(36-4)9-8-23(29)28(22)34/h6-9,14-16,18,30H,5,10-13,17H2,1-4H3,(H,31,32,33). The molecule has 2 heterocycles. The molecule has 4 rings (SSSR count). The van der Waals surface area contributed by atoms with E-state index in [-0.39, 0.29) is 5.82 Å². The molecule has 2 aromatic carbocycles. The highest BCUT2D eigenvalue weighted by Crippen LogP contribution is 2.31. The molecule has 2 aromatic heterocycles. The molecule has 0 amide bonds. The molecule has 0 unspecified atom stereocenters. The fraction of sp³-hybridized carbons (Fsp3) is 0.357. The fourth-order valence-electron chi connectivity index (χ4n) is 4.36. The second-order valence-corrected chi connectivity index (χ2v) is 8.59.